The van der Waals surface area contributed by atoms with Gasteiger partial charge in [0.25, 0.3) is 0 Å². The summed E-state index contributed by atoms with van der Waals surface area (Å²) in [6, 6.07) is 25.6. The smallest absolute Gasteiger partial charge is 0.488 e. The Hall–Kier alpha value is -4.17. The van der Waals surface area contributed by atoms with Gasteiger partial charge in [-0.2, -0.15) is 0 Å². The van der Waals surface area contributed by atoms with Crippen molar-refractivity contribution in [3.8, 4) is 34.5 Å². The molecule has 0 saturated carbocycles. The van der Waals surface area contributed by atoms with E-state index in [9.17, 15) is 0 Å². The molecule has 11 nitrogen and oxygen atoms in total. The Morgan fingerprint density at radius 3 is 1.30 bits per heavy atom. The van der Waals surface area contributed by atoms with E-state index < -0.39 is 21.4 Å². The predicted octanol–water partition coefficient (Wildman–Crippen LogP) is 0.316. The zero-order chi connectivity index (χ0) is 31.8. The van der Waals surface area contributed by atoms with E-state index in [-0.39, 0.29) is 5.46 Å². The molecule has 6 N–H and O–H groups in total. The Kier molecular flexibility index (Phi) is 15.0. The van der Waals surface area contributed by atoms with Gasteiger partial charge in [-0.15, -0.1) is 0 Å². The van der Waals surface area contributed by atoms with Crippen molar-refractivity contribution in [3.05, 3.63) is 91.0 Å². The number of ether oxygens (including phenoxy) is 5. The lowest BCUT2D eigenvalue weighted by Crippen LogP contribution is -2.30. The monoisotopic (exact) mass is 592 g/mol. The van der Waals surface area contributed by atoms with E-state index in [0.717, 1.165) is 11.5 Å². The average molecular weight is 592 g/mol. The molecule has 4 aromatic rings. The van der Waals surface area contributed by atoms with E-state index in [0.29, 0.717) is 40.5 Å². The van der Waals surface area contributed by atoms with Crippen molar-refractivity contribution in [1.82, 2.24) is 0 Å². The van der Waals surface area contributed by atoms with Crippen LogP contribution in [0.1, 0.15) is 6.92 Å². The second kappa shape index (κ2) is 18.4. The molecule has 0 aliphatic carbocycles. The molecule has 0 spiro atoms. The van der Waals surface area contributed by atoms with E-state index in [4.69, 9.17) is 53.8 Å². The minimum absolute atomic E-state index is 0.282. The van der Waals surface area contributed by atoms with Crippen molar-refractivity contribution in [3.63, 3.8) is 0 Å². The highest BCUT2D eigenvalue weighted by atomic mass is 16.5. The molecule has 0 radical (unpaired) electrons. The minimum atomic E-state index is -1.57. The third kappa shape index (κ3) is 11.6. The molecule has 43 heavy (non-hydrogen) atoms. The molecule has 226 valence electrons. The van der Waals surface area contributed by atoms with Crippen LogP contribution in [0.2, 0.25) is 0 Å². The van der Waals surface area contributed by atoms with Crippen molar-refractivity contribution in [2.45, 2.75) is 6.92 Å². The van der Waals surface area contributed by atoms with E-state index in [1.807, 2.05) is 37.3 Å². The fraction of sp³-hybridized carbons (Fsp3) is 0.172. The van der Waals surface area contributed by atoms with Crippen LogP contribution in [0.15, 0.2) is 91.0 Å². The van der Waals surface area contributed by atoms with E-state index >= 15 is 0 Å². The van der Waals surface area contributed by atoms with Crippen LogP contribution >= 0.6 is 0 Å². The summed E-state index contributed by atoms with van der Waals surface area (Å²) in [5, 5.41) is 53.4. The van der Waals surface area contributed by atoms with Crippen molar-refractivity contribution in [2.75, 3.05) is 27.9 Å². The fourth-order valence-corrected chi connectivity index (χ4v) is 3.49. The highest BCUT2D eigenvalue weighted by Gasteiger charge is 2.19. The van der Waals surface area contributed by atoms with Crippen molar-refractivity contribution in [1.29, 1.82) is 0 Å². The van der Waals surface area contributed by atoms with E-state index in [2.05, 4.69) is 0 Å². The number of rotatable bonds is 10. The largest absolute Gasteiger partial charge is 0.494 e. The van der Waals surface area contributed by atoms with Crippen LogP contribution in [0, 0.1) is 0 Å². The summed E-state index contributed by atoms with van der Waals surface area (Å²) < 4.78 is 25.9. The van der Waals surface area contributed by atoms with Gasteiger partial charge in [0.2, 0.25) is 5.75 Å². The van der Waals surface area contributed by atoms with Gasteiger partial charge in [0.15, 0.2) is 11.5 Å². The summed E-state index contributed by atoms with van der Waals surface area (Å²) in [6.07, 6.45) is 0. The van der Waals surface area contributed by atoms with Crippen molar-refractivity contribution in [2.24, 2.45) is 0 Å². The highest BCUT2D eigenvalue weighted by Crippen LogP contribution is 2.35. The minimum Gasteiger partial charge on any atom is -0.494 e. The number of methoxy groups -OCH3 is 3. The standard InChI is InChI=1S/C12H11BO3.C9H13BO5.C8H11BO3/c14-13(15)10-6-8-12(9-7-10)16-11-4-2-1-3-5-11;1-13-7-4-6(10(11)12)5-8(14-2)9(7)15-3;1-2-12-8-5-3-7(4-6-8)9(10)11/h1-9,14-15H;4-5,11-12H,1-3H3;3-6,10-11H,2H2,1H3. The first-order chi connectivity index (χ1) is 20.6. The van der Waals surface area contributed by atoms with Crippen molar-refractivity contribution >= 4 is 37.7 Å². The number of hydrogen-bond donors (Lipinski definition) is 6. The van der Waals surface area contributed by atoms with Crippen LogP contribution in [0.4, 0.5) is 0 Å². The zero-order valence-electron chi connectivity index (χ0n) is 24.3. The maximum Gasteiger partial charge on any atom is 0.488 e. The van der Waals surface area contributed by atoms with Crippen molar-refractivity contribution < 1.29 is 53.8 Å². The first kappa shape index (κ1) is 35.0. The lowest BCUT2D eigenvalue weighted by molar-refractivity contribution is 0.324. The molecular weight excluding hydrogens is 557 g/mol. The molecule has 0 aliphatic heterocycles. The van der Waals surface area contributed by atoms with Gasteiger partial charge in [-0.1, -0.05) is 42.5 Å². The molecule has 0 bridgehead atoms. The van der Waals surface area contributed by atoms with Crippen LogP contribution in [0.5, 0.6) is 34.5 Å². The first-order valence-corrected chi connectivity index (χ1v) is 13.1. The molecule has 0 aliphatic rings. The van der Waals surface area contributed by atoms with E-state index in [1.165, 1.54) is 33.5 Å². The average Bonchev–Trinajstić information content (AvgIpc) is 3.02. The van der Waals surface area contributed by atoms with E-state index in [1.54, 1.807) is 48.5 Å². The van der Waals surface area contributed by atoms with Gasteiger partial charge < -0.3 is 53.8 Å². The molecule has 0 amide bonds. The van der Waals surface area contributed by atoms with Crippen LogP contribution in [0.25, 0.3) is 0 Å². The van der Waals surface area contributed by atoms with Gasteiger partial charge in [-0.25, -0.2) is 0 Å². The molecule has 4 aromatic carbocycles. The van der Waals surface area contributed by atoms with Gasteiger partial charge in [0.1, 0.15) is 17.2 Å². The molecule has 0 atom stereocenters. The summed E-state index contributed by atoms with van der Waals surface area (Å²) in [4.78, 5) is 0. The summed E-state index contributed by atoms with van der Waals surface area (Å²) in [5.74, 6) is 3.35. The highest BCUT2D eigenvalue weighted by molar-refractivity contribution is 6.59. The quantitative estimate of drug-likeness (QED) is 0.141. The summed E-state index contributed by atoms with van der Waals surface area (Å²) >= 11 is 0. The molecule has 14 heteroatoms. The molecule has 0 saturated heterocycles. The molecule has 0 aromatic heterocycles. The normalized spacial score (nSPS) is 9.72. The Morgan fingerprint density at radius 1 is 0.512 bits per heavy atom. The second-order valence-electron chi connectivity index (χ2n) is 8.57. The summed E-state index contributed by atoms with van der Waals surface area (Å²) in [7, 11) is -0.00408. The third-order valence-corrected chi connectivity index (χ3v) is 5.63. The lowest BCUT2D eigenvalue weighted by Gasteiger charge is -2.13. The second-order valence-corrected chi connectivity index (χ2v) is 8.57. The molecular formula is C29H35B3O11. The molecule has 0 unspecified atom stereocenters. The number of para-hydroxylation sites is 1. The Labute approximate surface area is 251 Å². The van der Waals surface area contributed by atoms with Crippen LogP contribution in [-0.2, 0) is 0 Å². The number of benzene rings is 4. The topological polar surface area (TPSA) is 168 Å². The lowest BCUT2D eigenvalue weighted by atomic mass is 9.80. The SMILES string of the molecule is CCOc1ccc(B(O)O)cc1.COc1cc(B(O)O)cc(OC)c1OC.OB(O)c1ccc(Oc2ccccc2)cc1. The first-order valence-electron chi connectivity index (χ1n) is 13.1. The number of hydrogen-bond acceptors (Lipinski definition) is 11. The van der Waals surface area contributed by atoms with Gasteiger partial charge >= 0.3 is 21.4 Å². The maximum absolute atomic E-state index is 9.03. The summed E-state index contributed by atoms with van der Waals surface area (Å²) in [6.45, 7) is 2.51. The maximum atomic E-state index is 9.03. The van der Waals surface area contributed by atoms with Crippen LogP contribution in [0.3, 0.4) is 0 Å². The van der Waals surface area contributed by atoms with Gasteiger partial charge in [0, 0.05) is 0 Å². The molecule has 4 rings (SSSR count). The van der Waals surface area contributed by atoms with Crippen LogP contribution < -0.4 is 40.1 Å². The van der Waals surface area contributed by atoms with Crippen LogP contribution in [-0.4, -0.2) is 79.4 Å². The Bertz CT molecular complexity index is 1310. The van der Waals surface area contributed by atoms with Gasteiger partial charge in [0.05, 0.1) is 27.9 Å². The summed E-state index contributed by atoms with van der Waals surface area (Å²) in [5.41, 5.74) is 1.20. The third-order valence-electron chi connectivity index (χ3n) is 5.63. The molecule has 0 fully saturated rings. The Morgan fingerprint density at radius 2 is 0.930 bits per heavy atom. The molecule has 0 heterocycles. The van der Waals surface area contributed by atoms with Gasteiger partial charge in [-0.3, -0.25) is 0 Å². The fourth-order valence-electron chi connectivity index (χ4n) is 3.49. The predicted molar refractivity (Wildman–Crippen MR) is 166 cm³/mol. The Balaban J connectivity index is 0.000000228. The zero-order valence-corrected chi connectivity index (χ0v) is 24.3. The van der Waals surface area contributed by atoms with Gasteiger partial charge in [-0.05, 0) is 71.8 Å².